The molecule has 0 aromatic heterocycles. The van der Waals surface area contributed by atoms with E-state index in [1.54, 1.807) is 62.6 Å². The highest BCUT2D eigenvalue weighted by Gasteiger charge is 2.40. The largest absolute Gasteiger partial charge is 0.382 e. The monoisotopic (exact) mass is 446 g/mol. The topological polar surface area (TPSA) is 88.1 Å². The van der Waals surface area contributed by atoms with Crippen LogP contribution in [-0.4, -0.2) is 54.0 Å². The van der Waals surface area contributed by atoms with Crippen molar-refractivity contribution in [1.29, 1.82) is 0 Å². The third kappa shape index (κ3) is 5.47. The summed E-state index contributed by atoms with van der Waals surface area (Å²) in [4.78, 5) is 12.9. The van der Waals surface area contributed by atoms with E-state index in [0.717, 1.165) is 0 Å². The molecule has 8 heteroatoms. The summed E-state index contributed by atoms with van der Waals surface area (Å²) in [5.74, 6) is -0.248. The van der Waals surface area contributed by atoms with E-state index in [9.17, 15) is 13.2 Å². The first-order valence-corrected chi connectivity index (χ1v) is 11.4. The highest BCUT2D eigenvalue weighted by Crippen LogP contribution is 2.33. The Hall–Kier alpha value is -2.36. The standard InChI is InChI=1S/C23H26O7S/c1-23(21(24)12-13-22(30-23)29-17-16-28-15-14-27-2)18-8-10-20(11-9-18)31(25,26)19-6-4-3-5-7-19/h3-13,22H,14-17H2,1-2H3/t22-,23+/m1/s1. The minimum absolute atomic E-state index is 0.144. The van der Waals surface area contributed by atoms with Gasteiger partial charge in [0.1, 0.15) is 0 Å². The molecule has 2 atom stereocenters. The summed E-state index contributed by atoms with van der Waals surface area (Å²) >= 11 is 0. The Kier molecular flexibility index (Phi) is 7.74. The van der Waals surface area contributed by atoms with Gasteiger partial charge in [0.25, 0.3) is 0 Å². The Bertz CT molecular complexity index is 1000. The van der Waals surface area contributed by atoms with Crippen molar-refractivity contribution in [2.24, 2.45) is 0 Å². The minimum atomic E-state index is -3.64. The van der Waals surface area contributed by atoms with Crippen LogP contribution in [0.25, 0.3) is 0 Å². The van der Waals surface area contributed by atoms with Crippen LogP contribution in [0.2, 0.25) is 0 Å². The maximum absolute atomic E-state index is 12.8. The lowest BCUT2D eigenvalue weighted by atomic mass is 9.89. The van der Waals surface area contributed by atoms with E-state index < -0.39 is 21.7 Å². The quantitative estimate of drug-likeness (QED) is 0.519. The number of methoxy groups -OCH3 is 1. The van der Waals surface area contributed by atoms with Crippen molar-refractivity contribution in [3.63, 3.8) is 0 Å². The Balaban J connectivity index is 1.69. The maximum Gasteiger partial charge on any atom is 0.206 e. The molecule has 0 N–H and O–H groups in total. The highest BCUT2D eigenvalue weighted by molar-refractivity contribution is 7.91. The lowest BCUT2D eigenvalue weighted by Gasteiger charge is -2.34. The van der Waals surface area contributed by atoms with E-state index >= 15 is 0 Å². The van der Waals surface area contributed by atoms with Gasteiger partial charge in [-0.2, -0.15) is 0 Å². The molecule has 1 aliphatic rings. The van der Waals surface area contributed by atoms with Gasteiger partial charge in [-0.3, -0.25) is 4.79 Å². The van der Waals surface area contributed by atoms with E-state index in [4.69, 9.17) is 18.9 Å². The van der Waals surface area contributed by atoms with Crippen LogP contribution in [0.3, 0.4) is 0 Å². The van der Waals surface area contributed by atoms with Crippen molar-refractivity contribution >= 4 is 15.6 Å². The fourth-order valence-corrected chi connectivity index (χ4v) is 4.39. The van der Waals surface area contributed by atoms with Crippen LogP contribution in [0, 0.1) is 0 Å². The molecule has 0 radical (unpaired) electrons. The lowest BCUT2D eigenvalue weighted by molar-refractivity contribution is -0.197. The van der Waals surface area contributed by atoms with Gasteiger partial charge in [0.05, 0.1) is 36.2 Å². The van der Waals surface area contributed by atoms with E-state index in [2.05, 4.69) is 0 Å². The first kappa shape index (κ1) is 23.3. The first-order chi connectivity index (χ1) is 14.9. The average molecular weight is 447 g/mol. The number of ether oxygens (including phenoxy) is 4. The summed E-state index contributed by atoms with van der Waals surface area (Å²) in [6, 6.07) is 14.4. The molecule has 31 heavy (non-hydrogen) atoms. The molecule has 0 bridgehead atoms. The predicted molar refractivity (Wildman–Crippen MR) is 113 cm³/mol. The van der Waals surface area contributed by atoms with Gasteiger partial charge < -0.3 is 18.9 Å². The number of ketones is 1. The van der Waals surface area contributed by atoms with Crippen LogP contribution < -0.4 is 0 Å². The average Bonchev–Trinajstić information content (AvgIpc) is 2.79. The molecule has 2 aromatic carbocycles. The van der Waals surface area contributed by atoms with Crippen molar-refractivity contribution in [1.82, 2.24) is 0 Å². The second-order valence-corrected chi connectivity index (χ2v) is 9.01. The molecule has 1 aliphatic heterocycles. The number of sulfone groups is 1. The lowest BCUT2D eigenvalue weighted by Crippen LogP contribution is -2.42. The summed E-state index contributed by atoms with van der Waals surface area (Å²) in [7, 11) is -2.04. The summed E-state index contributed by atoms with van der Waals surface area (Å²) in [6.07, 6.45) is 2.25. The fourth-order valence-electron chi connectivity index (χ4n) is 3.11. The molecule has 0 amide bonds. The minimum Gasteiger partial charge on any atom is -0.382 e. The van der Waals surface area contributed by atoms with Crippen molar-refractivity contribution in [3.05, 3.63) is 72.3 Å². The second-order valence-electron chi connectivity index (χ2n) is 7.06. The molecule has 0 unspecified atom stereocenters. The van der Waals surface area contributed by atoms with E-state index in [-0.39, 0.29) is 22.2 Å². The molecule has 0 saturated carbocycles. The van der Waals surface area contributed by atoms with Gasteiger partial charge in [-0.25, -0.2) is 8.42 Å². The smallest absolute Gasteiger partial charge is 0.206 e. The third-order valence-electron chi connectivity index (χ3n) is 4.94. The molecule has 0 saturated heterocycles. The molecule has 7 nitrogen and oxygen atoms in total. The summed E-state index contributed by atoms with van der Waals surface area (Å²) in [5.41, 5.74) is -0.746. The van der Waals surface area contributed by atoms with Gasteiger partial charge in [-0.1, -0.05) is 30.3 Å². The molecule has 3 rings (SSSR count). The molecular formula is C23H26O7S. The van der Waals surface area contributed by atoms with E-state index in [1.807, 2.05) is 0 Å². The SMILES string of the molecule is COCCOCCO[C@H]1C=CC(=O)[C@](C)(c2ccc(S(=O)(=O)c3ccccc3)cc2)O1. The van der Waals surface area contributed by atoms with Crippen molar-refractivity contribution in [2.45, 2.75) is 28.6 Å². The van der Waals surface area contributed by atoms with Gasteiger partial charge in [-0.05, 0) is 48.9 Å². The number of carbonyl (C=O) groups excluding carboxylic acids is 1. The zero-order valence-electron chi connectivity index (χ0n) is 17.5. The van der Waals surface area contributed by atoms with E-state index in [1.165, 1.54) is 18.2 Å². The molecular weight excluding hydrogens is 420 g/mol. The fraction of sp³-hybridized carbons (Fsp3) is 0.348. The summed E-state index contributed by atoms with van der Waals surface area (Å²) in [5, 5.41) is 0. The predicted octanol–water partition coefficient (Wildman–Crippen LogP) is 2.90. The van der Waals surface area contributed by atoms with Gasteiger partial charge >= 0.3 is 0 Å². The van der Waals surface area contributed by atoms with Crippen LogP contribution in [0.5, 0.6) is 0 Å². The second kappa shape index (κ2) is 10.3. The van der Waals surface area contributed by atoms with Crippen LogP contribution in [0.4, 0.5) is 0 Å². The van der Waals surface area contributed by atoms with Gasteiger partial charge in [0.15, 0.2) is 17.7 Å². The van der Waals surface area contributed by atoms with Gasteiger partial charge in [-0.15, -0.1) is 0 Å². The molecule has 0 aliphatic carbocycles. The van der Waals surface area contributed by atoms with Gasteiger partial charge in [0, 0.05) is 7.11 Å². The van der Waals surface area contributed by atoms with E-state index in [0.29, 0.717) is 25.4 Å². The Morgan fingerprint density at radius 3 is 2.26 bits per heavy atom. The highest BCUT2D eigenvalue weighted by atomic mass is 32.2. The van der Waals surface area contributed by atoms with Crippen LogP contribution >= 0.6 is 0 Å². The normalized spacial score (nSPS) is 21.4. The van der Waals surface area contributed by atoms with Gasteiger partial charge in [0.2, 0.25) is 9.84 Å². The zero-order valence-corrected chi connectivity index (χ0v) is 18.3. The zero-order chi connectivity index (χ0) is 22.3. The molecule has 2 aromatic rings. The summed E-state index contributed by atoms with van der Waals surface area (Å²) < 4.78 is 47.4. The van der Waals surface area contributed by atoms with Crippen molar-refractivity contribution < 1.29 is 32.2 Å². The number of hydrogen-bond donors (Lipinski definition) is 0. The molecule has 0 fully saturated rings. The first-order valence-electron chi connectivity index (χ1n) is 9.87. The number of benzene rings is 2. The molecule has 1 heterocycles. The molecule has 166 valence electrons. The summed E-state index contributed by atoms with van der Waals surface area (Å²) in [6.45, 7) is 3.27. The number of carbonyl (C=O) groups is 1. The third-order valence-corrected chi connectivity index (χ3v) is 6.72. The van der Waals surface area contributed by atoms with Crippen molar-refractivity contribution in [2.75, 3.05) is 33.5 Å². The maximum atomic E-state index is 12.8. The van der Waals surface area contributed by atoms with Crippen molar-refractivity contribution in [3.8, 4) is 0 Å². The van der Waals surface area contributed by atoms with Crippen LogP contribution in [0.15, 0.2) is 76.5 Å². The number of rotatable bonds is 10. The Labute approximate surface area is 182 Å². The van der Waals surface area contributed by atoms with Crippen LogP contribution in [0.1, 0.15) is 12.5 Å². The van der Waals surface area contributed by atoms with Crippen LogP contribution in [-0.2, 0) is 39.2 Å². The Morgan fingerprint density at radius 2 is 1.58 bits per heavy atom. The Morgan fingerprint density at radius 1 is 0.935 bits per heavy atom. The number of hydrogen-bond acceptors (Lipinski definition) is 7. The molecule has 0 spiro atoms.